The summed E-state index contributed by atoms with van der Waals surface area (Å²) in [7, 11) is 0. The third-order valence-electron chi connectivity index (χ3n) is 4.08. The van der Waals surface area contributed by atoms with E-state index in [-0.39, 0.29) is 0 Å². The van der Waals surface area contributed by atoms with E-state index in [1.54, 1.807) is 0 Å². The van der Waals surface area contributed by atoms with Gasteiger partial charge in [-0.3, -0.25) is 0 Å². The first-order valence-electron chi connectivity index (χ1n) is 8.81. The van der Waals surface area contributed by atoms with Crippen LogP contribution in [0.25, 0.3) is 0 Å². The van der Waals surface area contributed by atoms with Crippen LogP contribution in [-0.4, -0.2) is 0 Å². The minimum Gasteiger partial charge on any atom is -0.0654 e. The molecule has 18 heavy (non-hydrogen) atoms. The van der Waals surface area contributed by atoms with Gasteiger partial charge in [0.15, 0.2) is 0 Å². The van der Waals surface area contributed by atoms with Crippen LogP contribution in [-0.2, 0) is 0 Å². The molecule has 0 bridgehead atoms. The van der Waals surface area contributed by atoms with E-state index >= 15 is 0 Å². The smallest absolute Gasteiger partial charge is 0.0443 e. The van der Waals surface area contributed by atoms with Crippen molar-refractivity contribution in [1.29, 1.82) is 0 Å². The van der Waals surface area contributed by atoms with E-state index in [1.807, 2.05) is 0 Å². The Morgan fingerprint density at radius 2 is 0.944 bits per heavy atom. The van der Waals surface area contributed by atoms with Crippen molar-refractivity contribution in [2.45, 2.75) is 111 Å². The van der Waals surface area contributed by atoms with Crippen LogP contribution in [0, 0.1) is 5.92 Å². The molecule has 0 aromatic rings. The van der Waals surface area contributed by atoms with Gasteiger partial charge in [0.25, 0.3) is 0 Å². The standard InChI is InChI=1S/C18H38/c1-4-6-7-8-9-10-11-12-13-14-15-17-18(3)16-5-2/h18H,4-17H2,1-3H3/t18-/m0/s1. The summed E-state index contributed by atoms with van der Waals surface area (Å²) in [5.41, 5.74) is 0. The van der Waals surface area contributed by atoms with Crippen molar-refractivity contribution in [1.82, 2.24) is 0 Å². The Hall–Kier alpha value is 0. The fraction of sp³-hybridized carbons (Fsp3) is 1.00. The second-order valence-electron chi connectivity index (χ2n) is 6.22. The molecule has 0 aromatic heterocycles. The molecular formula is C18H38. The normalized spacial score (nSPS) is 12.8. The molecule has 110 valence electrons. The van der Waals surface area contributed by atoms with E-state index in [4.69, 9.17) is 0 Å². The van der Waals surface area contributed by atoms with Gasteiger partial charge in [0, 0.05) is 0 Å². The largest absolute Gasteiger partial charge is 0.0654 e. The maximum atomic E-state index is 2.42. The second kappa shape index (κ2) is 15.1. The molecule has 1 atom stereocenters. The fourth-order valence-corrected chi connectivity index (χ4v) is 2.79. The Morgan fingerprint density at radius 1 is 0.500 bits per heavy atom. The van der Waals surface area contributed by atoms with Gasteiger partial charge in [-0.2, -0.15) is 0 Å². The van der Waals surface area contributed by atoms with Crippen molar-refractivity contribution >= 4 is 0 Å². The molecule has 0 saturated heterocycles. The summed E-state index contributed by atoms with van der Waals surface area (Å²) in [5, 5.41) is 0. The lowest BCUT2D eigenvalue weighted by Crippen LogP contribution is -1.93. The van der Waals surface area contributed by atoms with Gasteiger partial charge >= 0.3 is 0 Å². The fourth-order valence-electron chi connectivity index (χ4n) is 2.79. The summed E-state index contributed by atoms with van der Waals surface area (Å²) in [6.45, 7) is 7.01. The van der Waals surface area contributed by atoms with Crippen molar-refractivity contribution in [3.63, 3.8) is 0 Å². The van der Waals surface area contributed by atoms with Crippen LogP contribution in [0.4, 0.5) is 0 Å². The average Bonchev–Trinajstić information content (AvgIpc) is 2.36. The topological polar surface area (TPSA) is 0 Å². The summed E-state index contributed by atoms with van der Waals surface area (Å²) in [4.78, 5) is 0. The molecule has 0 aliphatic carbocycles. The van der Waals surface area contributed by atoms with Crippen molar-refractivity contribution in [3.8, 4) is 0 Å². The second-order valence-corrected chi connectivity index (χ2v) is 6.22. The maximum absolute atomic E-state index is 2.42. The summed E-state index contributed by atoms with van der Waals surface area (Å²) in [6.07, 6.45) is 20.4. The Labute approximate surface area is 117 Å². The first-order valence-corrected chi connectivity index (χ1v) is 8.81. The lowest BCUT2D eigenvalue weighted by molar-refractivity contribution is 0.450. The molecule has 0 fully saturated rings. The molecule has 0 amide bonds. The van der Waals surface area contributed by atoms with E-state index < -0.39 is 0 Å². The molecule has 0 aliphatic rings. The molecule has 0 spiro atoms. The van der Waals surface area contributed by atoms with Crippen LogP contribution in [0.15, 0.2) is 0 Å². The summed E-state index contributed by atoms with van der Waals surface area (Å²) < 4.78 is 0. The quantitative estimate of drug-likeness (QED) is 0.289. The van der Waals surface area contributed by atoms with E-state index in [2.05, 4.69) is 20.8 Å². The van der Waals surface area contributed by atoms with Crippen LogP contribution in [0.1, 0.15) is 111 Å². The van der Waals surface area contributed by atoms with Crippen molar-refractivity contribution in [3.05, 3.63) is 0 Å². The number of hydrogen-bond acceptors (Lipinski definition) is 0. The molecular weight excluding hydrogens is 216 g/mol. The van der Waals surface area contributed by atoms with Gasteiger partial charge in [-0.1, -0.05) is 111 Å². The zero-order chi connectivity index (χ0) is 13.5. The predicted molar refractivity (Wildman–Crippen MR) is 85.2 cm³/mol. The Bertz CT molecular complexity index is 139. The third-order valence-corrected chi connectivity index (χ3v) is 4.08. The molecule has 0 aliphatic heterocycles. The maximum Gasteiger partial charge on any atom is -0.0443 e. The molecule has 0 heterocycles. The summed E-state index contributed by atoms with van der Waals surface area (Å²) in [6, 6.07) is 0. The Kier molecular flexibility index (Phi) is 15.1. The molecule has 0 saturated carbocycles. The summed E-state index contributed by atoms with van der Waals surface area (Å²) >= 11 is 0. The van der Waals surface area contributed by atoms with Gasteiger partial charge in [-0.25, -0.2) is 0 Å². The molecule has 0 nitrogen and oxygen atoms in total. The van der Waals surface area contributed by atoms with Crippen LogP contribution < -0.4 is 0 Å². The number of unbranched alkanes of at least 4 members (excludes halogenated alkanes) is 10. The lowest BCUT2D eigenvalue weighted by atomic mass is 9.98. The first-order chi connectivity index (χ1) is 8.81. The number of hydrogen-bond donors (Lipinski definition) is 0. The SMILES string of the molecule is CCCCCCCCCCCCC[C@@H](C)CCC. The van der Waals surface area contributed by atoms with Gasteiger partial charge in [0.05, 0.1) is 0 Å². The highest BCUT2D eigenvalue weighted by molar-refractivity contribution is 4.53. The Balaban J connectivity index is 2.98. The van der Waals surface area contributed by atoms with Crippen molar-refractivity contribution < 1.29 is 0 Å². The Morgan fingerprint density at radius 3 is 1.39 bits per heavy atom. The highest BCUT2D eigenvalue weighted by atomic mass is 14.1. The van der Waals surface area contributed by atoms with Crippen LogP contribution in [0.3, 0.4) is 0 Å². The van der Waals surface area contributed by atoms with Gasteiger partial charge in [0.2, 0.25) is 0 Å². The van der Waals surface area contributed by atoms with Gasteiger partial charge in [-0.15, -0.1) is 0 Å². The third kappa shape index (κ3) is 14.1. The van der Waals surface area contributed by atoms with Crippen LogP contribution >= 0.6 is 0 Å². The van der Waals surface area contributed by atoms with Crippen molar-refractivity contribution in [2.75, 3.05) is 0 Å². The minimum atomic E-state index is 0.966. The lowest BCUT2D eigenvalue weighted by Gasteiger charge is -2.09. The minimum absolute atomic E-state index is 0.966. The van der Waals surface area contributed by atoms with Gasteiger partial charge in [-0.05, 0) is 5.92 Å². The van der Waals surface area contributed by atoms with Crippen LogP contribution in [0.5, 0.6) is 0 Å². The zero-order valence-corrected chi connectivity index (χ0v) is 13.5. The van der Waals surface area contributed by atoms with E-state index in [1.165, 1.54) is 89.9 Å². The molecule has 0 heteroatoms. The molecule has 0 aromatic carbocycles. The van der Waals surface area contributed by atoms with E-state index in [0.717, 1.165) is 5.92 Å². The highest BCUT2D eigenvalue weighted by Gasteiger charge is 1.99. The average molecular weight is 255 g/mol. The van der Waals surface area contributed by atoms with E-state index in [0.29, 0.717) is 0 Å². The highest BCUT2D eigenvalue weighted by Crippen LogP contribution is 2.16. The van der Waals surface area contributed by atoms with E-state index in [9.17, 15) is 0 Å². The first kappa shape index (κ1) is 18.0. The molecule has 0 unspecified atom stereocenters. The van der Waals surface area contributed by atoms with Crippen molar-refractivity contribution in [2.24, 2.45) is 5.92 Å². The van der Waals surface area contributed by atoms with Gasteiger partial charge < -0.3 is 0 Å². The molecule has 0 rings (SSSR count). The monoisotopic (exact) mass is 254 g/mol. The summed E-state index contributed by atoms with van der Waals surface area (Å²) in [5.74, 6) is 0.966. The molecule has 0 N–H and O–H groups in total. The predicted octanol–water partition coefficient (Wildman–Crippen LogP) is 7.12. The van der Waals surface area contributed by atoms with Gasteiger partial charge in [0.1, 0.15) is 0 Å². The molecule has 0 radical (unpaired) electrons. The zero-order valence-electron chi connectivity index (χ0n) is 13.5. The number of rotatable bonds is 14. The van der Waals surface area contributed by atoms with Crippen LogP contribution in [0.2, 0.25) is 0 Å².